The summed E-state index contributed by atoms with van der Waals surface area (Å²) in [6.45, 7) is 9.15. The first-order chi connectivity index (χ1) is 27.4. The maximum atomic E-state index is 14.3. The van der Waals surface area contributed by atoms with Crippen molar-refractivity contribution in [3.05, 3.63) is 101 Å². The molecule has 1 aliphatic carbocycles. The van der Waals surface area contributed by atoms with E-state index in [1.165, 1.54) is 4.90 Å². The number of hydrogen-bond acceptors (Lipinski definition) is 8. The van der Waals surface area contributed by atoms with Gasteiger partial charge in [0.1, 0.15) is 18.1 Å². The Balaban J connectivity index is 1.38. The molecule has 0 radical (unpaired) electrons. The highest BCUT2D eigenvalue weighted by Gasteiger charge is 2.58. The minimum absolute atomic E-state index is 0.0524. The molecule has 3 N–H and O–H groups in total. The van der Waals surface area contributed by atoms with Gasteiger partial charge in [0.05, 0.1) is 24.5 Å². The molecular weight excluding hydrogens is 737 g/mol. The number of fused-ring (bicyclic) bond motifs is 3. The van der Waals surface area contributed by atoms with Crippen LogP contribution in [0.3, 0.4) is 0 Å². The van der Waals surface area contributed by atoms with E-state index in [0.29, 0.717) is 50.0 Å². The normalized spacial score (nSPS) is 21.6. The summed E-state index contributed by atoms with van der Waals surface area (Å²) in [5.41, 5.74) is 3.09. The number of aliphatic hydroxyl groups is 1. The van der Waals surface area contributed by atoms with Gasteiger partial charge in [0, 0.05) is 13.0 Å². The van der Waals surface area contributed by atoms with Crippen LogP contribution < -0.4 is 10.4 Å². The van der Waals surface area contributed by atoms with Crippen LogP contribution in [0.5, 0.6) is 0 Å². The van der Waals surface area contributed by atoms with Crippen molar-refractivity contribution in [1.29, 1.82) is 0 Å². The number of imide groups is 1. The van der Waals surface area contributed by atoms with Crippen molar-refractivity contribution in [2.45, 2.75) is 110 Å². The lowest BCUT2D eigenvalue weighted by molar-refractivity contribution is -0.141. The molecule has 3 heterocycles. The van der Waals surface area contributed by atoms with E-state index >= 15 is 0 Å². The van der Waals surface area contributed by atoms with E-state index < -0.39 is 45.3 Å². The molecule has 0 saturated carbocycles. The van der Waals surface area contributed by atoms with E-state index in [1.807, 2.05) is 24.3 Å². The molecule has 10 nitrogen and oxygen atoms in total. The largest absolute Gasteiger partial charge is 0.481 e. The van der Waals surface area contributed by atoms with Crippen LogP contribution in [0.15, 0.2) is 93.9 Å². The predicted octanol–water partition coefficient (Wildman–Crippen LogP) is 6.75. The number of rotatable bonds is 18. The molecule has 2 aromatic carbocycles. The summed E-state index contributed by atoms with van der Waals surface area (Å²) < 4.78 is 19.7. The number of carbonyl (C=O) groups excluding carboxylic acids is 2. The van der Waals surface area contributed by atoms with Gasteiger partial charge in [-0.2, -0.15) is 0 Å². The Labute approximate surface area is 338 Å². The first-order valence-corrected chi connectivity index (χ1v) is 22.5. The molecule has 2 fully saturated rings. The van der Waals surface area contributed by atoms with Crippen LogP contribution in [0.4, 0.5) is 0 Å². The Morgan fingerprint density at radius 1 is 0.930 bits per heavy atom. The number of hydrogen-bond donors (Lipinski definition) is 3. The van der Waals surface area contributed by atoms with E-state index in [9.17, 15) is 24.5 Å². The second kappa shape index (κ2) is 18.7. The Hall–Kier alpha value is -4.07. The van der Waals surface area contributed by atoms with Gasteiger partial charge in [-0.3, -0.25) is 19.3 Å². The zero-order valence-corrected chi connectivity index (χ0v) is 34.8. The molecule has 304 valence electrons. The number of carbonyl (C=O) groups is 3. The van der Waals surface area contributed by atoms with Crippen molar-refractivity contribution >= 4 is 49.7 Å². The van der Waals surface area contributed by atoms with Gasteiger partial charge in [-0.15, -0.1) is 0 Å². The van der Waals surface area contributed by atoms with Crippen molar-refractivity contribution in [2.24, 2.45) is 17.8 Å². The minimum Gasteiger partial charge on any atom is -0.481 e. The first kappa shape index (κ1) is 42.5. The van der Waals surface area contributed by atoms with E-state index in [4.69, 9.17) is 18.6 Å². The lowest BCUT2D eigenvalue weighted by atomic mass is 9.58. The number of unbranched alkanes of at least 4 members (excludes halogenated alkanes) is 2. The lowest BCUT2D eigenvalue weighted by Gasteiger charge is -2.46. The third-order valence-corrected chi connectivity index (χ3v) is 17.0. The summed E-state index contributed by atoms with van der Waals surface area (Å²) in [7, 11) is -4.10. The van der Waals surface area contributed by atoms with Crippen molar-refractivity contribution in [3.63, 3.8) is 0 Å². The van der Waals surface area contributed by atoms with Crippen LogP contribution in [0.25, 0.3) is 6.08 Å². The summed E-state index contributed by atoms with van der Waals surface area (Å²) in [6, 6.07) is 24.5. The van der Waals surface area contributed by atoms with E-state index in [0.717, 1.165) is 39.9 Å². The molecule has 2 amide bonds. The number of likely N-dealkylation sites (tertiary alicyclic amines) is 1. The second-order valence-electron chi connectivity index (χ2n) is 16.9. The van der Waals surface area contributed by atoms with Crippen LogP contribution in [0.1, 0.15) is 97.0 Å². The summed E-state index contributed by atoms with van der Waals surface area (Å²) in [5.74, 6) is -1.70. The number of carboxylic acids is 1. The molecule has 2 saturated heterocycles. The van der Waals surface area contributed by atoms with Crippen molar-refractivity contribution < 1.29 is 43.1 Å². The van der Waals surface area contributed by atoms with Crippen molar-refractivity contribution in [1.82, 2.24) is 4.90 Å². The lowest BCUT2D eigenvalue weighted by Crippen LogP contribution is -2.66. The number of allylic oxidation sites excluding steroid dienone is 1. The maximum Gasteiger partial charge on any atom is 0.455 e. The molecule has 6 rings (SSSR count). The third-order valence-electron chi connectivity index (χ3n) is 12.0. The number of carboxylic acid groups (broad SMARTS) is 1. The number of amides is 2. The molecule has 12 heteroatoms. The highest BCUT2D eigenvalue weighted by molar-refractivity contribution is 6.99. The summed E-state index contributed by atoms with van der Waals surface area (Å²) in [5, 5.41) is 31.9. The van der Waals surface area contributed by atoms with Crippen LogP contribution in [0.2, 0.25) is 11.4 Å². The molecule has 1 aromatic heterocycles. The number of benzene rings is 2. The molecule has 2 aliphatic heterocycles. The number of nitrogens with zero attached hydrogens (tertiary/aromatic N) is 1. The van der Waals surface area contributed by atoms with Crippen LogP contribution >= 0.6 is 0 Å². The molecule has 3 aliphatic rings. The molecule has 3 aromatic rings. The monoisotopic (exact) mass is 795 g/mol. The Kier molecular flexibility index (Phi) is 13.9. The van der Waals surface area contributed by atoms with Gasteiger partial charge < -0.3 is 28.7 Å². The zero-order valence-electron chi connectivity index (χ0n) is 33.8. The second-order valence-corrected chi connectivity index (χ2v) is 21.2. The fraction of sp³-hybridized carbons (Fsp3) is 0.489. The number of aliphatic hydroxyl groups excluding tert-OH is 1. The Bertz CT molecular complexity index is 1880. The van der Waals surface area contributed by atoms with Crippen LogP contribution in [-0.4, -0.2) is 72.6 Å². The van der Waals surface area contributed by atoms with E-state index in [1.54, 1.807) is 6.07 Å². The SMILES string of the molecule is CCC/C(=C\c1ccc(CO)o1)CC[C@H]1OB(O)C[C@H]2C1=C(CO[Si](c1ccccc1)(c1ccccc1)C(C)(C)C)C[C@H]1C(=O)N(CCCCCC(=O)O)C(=O)[C@H]12. The van der Waals surface area contributed by atoms with Gasteiger partial charge in [0.15, 0.2) is 0 Å². The van der Waals surface area contributed by atoms with Gasteiger partial charge >= 0.3 is 13.1 Å². The molecule has 0 bridgehead atoms. The average Bonchev–Trinajstić information content (AvgIpc) is 3.74. The fourth-order valence-corrected chi connectivity index (χ4v) is 14.1. The zero-order chi connectivity index (χ0) is 40.7. The number of furan rings is 1. The average molecular weight is 796 g/mol. The minimum atomic E-state index is -2.99. The summed E-state index contributed by atoms with van der Waals surface area (Å²) in [4.78, 5) is 41.0. The first-order valence-electron chi connectivity index (χ1n) is 20.6. The highest BCUT2D eigenvalue weighted by atomic mass is 28.4. The van der Waals surface area contributed by atoms with Gasteiger partial charge in [-0.25, -0.2) is 0 Å². The fourth-order valence-electron chi connectivity index (χ4n) is 9.53. The van der Waals surface area contributed by atoms with Gasteiger partial charge in [-0.1, -0.05) is 107 Å². The summed E-state index contributed by atoms with van der Waals surface area (Å²) in [6.07, 6.45) is 6.71. The van der Waals surface area contributed by atoms with Crippen LogP contribution in [-0.2, 0) is 30.1 Å². The topological polar surface area (TPSA) is 147 Å². The Morgan fingerprint density at radius 3 is 2.21 bits per heavy atom. The predicted molar refractivity (Wildman–Crippen MR) is 223 cm³/mol. The molecule has 0 unspecified atom stereocenters. The molecular formula is C45H58BNO9Si. The van der Waals surface area contributed by atoms with Crippen molar-refractivity contribution in [3.8, 4) is 0 Å². The third kappa shape index (κ3) is 9.31. The van der Waals surface area contributed by atoms with Gasteiger partial charge in [0.25, 0.3) is 8.32 Å². The molecule has 4 atom stereocenters. The van der Waals surface area contributed by atoms with Gasteiger partial charge in [-0.05, 0) is 95.5 Å². The van der Waals surface area contributed by atoms with E-state index in [-0.39, 0.29) is 49.4 Å². The van der Waals surface area contributed by atoms with Crippen molar-refractivity contribution in [2.75, 3.05) is 13.2 Å². The van der Waals surface area contributed by atoms with E-state index in [2.05, 4.69) is 76.2 Å². The maximum absolute atomic E-state index is 14.3. The molecule has 57 heavy (non-hydrogen) atoms. The standard InChI is InChI=1S/C45H58BNO9Si/c1-5-15-31(26-33-22-23-34(29-48)55-33)21-24-39-41-32(30-54-57(45(2,3)4,35-16-9-6-10-17-35)36-18-11-7-12-19-36)27-37-42(38(41)28-46(53)56-39)44(52)47(43(37)51)25-14-8-13-20-40(49)50/h6-7,9-12,16-19,22-23,26,37-39,42,48,53H,5,8,13-15,20-21,24-25,27-30H2,1-4H3,(H,49,50)/b31-26+/t37-,38+,39-,42-/m1/s1. The Morgan fingerprint density at radius 2 is 1.61 bits per heavy atom. The number of aliphatic carboxylic acids is 1. The summed E-state index contributed by atoms with van der Waals surface area (Å²) >= 11 is 0. The van der Waals surface area contributed by atoms with Gasteiger partial charge in [0.2, 0.25) is 11.8 Å². The quantitative estimate of drug-likeness (QED) is 0.0551. The highest BCUT2D eigenvalue weighted by Crippen LogP contribution is 2.51. The molecule has 0 spiro atoms. The van der Waals surface area contributed by atoms with Crippen LogP contribution in [0, 0.1) is 17.8 Å². The smallest absolute Gasteiger partial charge is 0.455 e.